The summed E-state index contributed by atoms with van der Waals surface area (Å²) < 4.78 is 27.1. The van der Waals surface area contributed by atoms with Gasteiger partial charge in [0.1, 0.15) is 17.3 Å². The van der Waals surface area contributed by atoms with Gasteiger partial charge < -0.3 is 10.2 Å². The van der Waals surface area contributed by atoms with Gasteiger partial charge in [-0.15, -0.1) is 0 Å². The molecule has 0 heterocycles. The minimum absolute atomic E-state index is 0.0821. The van der Waals surface area contributed by atoms with Gasteiger partial charge in [-0.1, -0.05) is 0 Å². The molecule has 0 radical (unpaired) electrons. The monoisotopic (exact) mass is 267 g/mol. The van der Waals surface area contributed by atoms with Crippen LogP contribution in [0.1, 0.15) is 23.7 Å². The molecule has 0 aliphatic heterocycles. The first-order valence-corrected chi connectivity index (χ1v) is 5.73. The molecular formula is C13H15F2N3O. The number of anilines is 1. The maximum atomic E-state index is 13.6. The first-order valence-electron chi connectivity index (χ1n) is 5.73. The van der Waals surface area contributed by atoms with E-state index >= 15 is 0 Å². The van der Waals surface area contributed by atoms with Crippen molar-refractivity contribution in [3.05, 3.63) is 29.3 Å². The molecule has 1 unspecified atom stereocenters. The fraction of sp³-hybridized carbons (Fsp3) is 0.385. The maximum Gasteiger partial charge on any atom is 0.254 e. The van der Waals surface area contributed by atoms with Crippen LogP contribution in [-0.4, -0.2) is 30.9 Å². The molecule has 0 aliphatic rings. The van der Waals surface area contributed by atoms with Crippen LogP contribution in [0.2, 0.25) is 0 Å². The van der Waals surface area contributed by atoms with Crippen molar-refractivity contribution in [1.29, 1.82) is 5.26 Å². The molecule has 19 heavy (non-hydrogen) atoms. The Bertz CT molecular complexity index is 502. The van der Waals surface area contributed by atoms with Gasteiger partial charge in [0.15, 0.2) is 0 Å². The second kappa shape index (κ2) is 6.14. The number of hydrogen-bond donors (Lipinski definition) is 1. The molecule has 1 amide bonds. The number of amides is 1. The number of nitriles is 1. The van der Waals surface area contributed by atoms with E-state index in [9.17, 15) is 13.6 Å². The summed E-state index contributed by atoms with van der Waals surface area (Å²) in [6.07, 6.45) is 0.155. The fourth-order valence-electron chi connectivity index (χ4n) is 1.61. The van der Waals surface area contributed by atoms with Gasteiger partial charge in [-0.2, -0.15) is 5.26 Å². The molecule has 0 bridgehead atoms. The standard InChI is InChI=1S/C13H15F2N3O/c1-8(4-5-16)18(3)13(19)9-6-10(14)12(17-2)11(15)7-9/h6-8,17H,4H2,1-3H3. The molecule has 1 N–H and O–H groups in total. The topological polar surface area (TPSA) is 56.1 Å². The Kier molecular flexibility index (Phi) is 4.81. The van der Waals surface area contributed by atoms with Crippen molar-refractivity contribution in [1.82, 2.24) is 4.90 Å². The van der Waals surface area contributed by atoms with Crippen molar-refractivity contribution in [2.75, 3.05) is 19.4 Å². The number of carbonyl (C=O) groups is 1. The average Bonchev–Trinajstić information content (AvgIpc) is 2.36. The Balaban J connectivity index is 3.04. The minimum atomic E-state index is -0.827. The lowest BCUT2D eigenvalue weighted by Gasteiger charge is -2.23. The molecule has 1 aromatic carbocycles. The lowest BCUT2D eigenvalue weighted by molar-refractivity contribution is 0.0745. The van der Waals surface area contributed by atoms with Crippen molar-refractivity contribution in [3.63, 3.8) is 0 Å². The lowest BCUT2D eigenvalue weighted by atomic mass is 10.1. The number of rotatable bonds is 4. The largest absolute Gasteiger partial charge is 0.383 e. The second-order valence-corrected chi connectivity index (χ2v) is 4.19. The van der Waals surface area contributed by atoms with Crippen molar-refractivity contribution in [2.45, 2.75) is 19.4 Å². The number of carbonyl (C=O) groups excluding carboxylic acids is 1. The molecular weight excluding hydrogens is 252 g/mol. The maximum absolute atomic E-state index is 13.6. The van der Waals surface area contributed by atoms with E-state index in [2.05, 4.69) is 5.32 Å². The molecule has 1 aromatic rings. The summed E-state index contributed by atoms with van der Waals surface area (Å²) in [6, 6.07) is 3.58. The van der Waals surface area contributed by atoms with E-state index in [1.807, 2.05) is 6.07 Å². The third-order valence-electron chi connectivity index (χ3n) is 2.91. The van der Waals surface area contributed by atoms with Crippen LogP contribution in [0.4, 0.5) is 14.5 Å². The predicted molar refractivity (Wildman–Crippen MR) is 67.7 cm³/mol. The van der Waals surface area contributed by atoms with Gasteiger partial charge in [-0.05, 0) is 19.1 Å². The minimum Gasteiger partial charge on any atom is -0.383 e. The summed E-state index contributed by atoms with van der Waals surface area (Å²) in [5.74, 6) is -2.18. The SMILES string of the molecule is CNc1c(F)cc(C(=O)N(C)C(C)CC#N)cc1F. The van der Waals surface area contributed by atoms with E-state index in [0.717, 1.165) is 12.1 Å². The molecule has 1 rings (SSSR count). The quantitative estimate of drug-likeness (QED) is 0.911. The normalized spacial score (nSPS) is 11.6. The molecule has 0 saturated carbocycles. The van der Waals surface area contributed by atoms with Gasteiger partial charge in [0, 0.05) is 25.7 Å². The van der Waals surface area contributed by atoms with Crippen LogP contribution in [0.15, 0.2) is 12.1 Å². The van der Waals surface area contributed by atoms with Crippen LogP contribution in [0, 0.1) is 23.0 Å². The Morgan fingerprint density at radius 2 is 2.00 bits per heavy atom. The van der Waals surface area contributed by atoms with Crippen LogP contribution < -0.4 is 5.32 Å². The smallest absolute Gasteiger partial charge is 0.254 e. The van der Waals surface area contributed by atoms with Crippen LogP contribution in [0.5, 0.6) is 0 Å². The first-order chi connectivity index (χ1) is 8.92. The fourth-order valence-corrected chi connectivity index (χ4v) is 1.61. The van der Waals surface area contributed by atoms with Gasteiger partial charge in [-0.25, -0.2) is 8.78 Å². The highest BCUT2D eigenvalue weighted by Gasteiger charge is 2.20. The number of hydrogen-bond acceptors (Lipinski definition) is 3. The summed E-state index contributed by atoms with van der Waals surface area (Å²) >= 11 is 0. The molecule has 0 fully saturated rings. The second-order valence-electron chi connectivity index (χ2n) is 4.19. The molecule has 6 heteroatoms. The van der Waals surface area contributed by atoms with E-state index in [1.54, 1.807) is 6.92 Å². The summed E-state index contributed by atoms with van der Waals surface area (Å²) in [4.78, 5) is 13.3. The third kappa shape index (κ3) is 3.19. The lowest BCUT2D eigenvalue weighted by Crippen LogP contribution is -2.35. The zero-order chi connectivity index (χ0) is 14.6. The van der Waals surface area contributed by atoms with Gasteiger partial charge in [0.05, 0.1) is 12.5 Å². The van der Waals surface area contributed by atoms with Crippen LogP contribution in [0.3, 0.4) is 0 Å². The van der Waals surface area contributed by atoms with Crippen molar-refractivity contribution >= 4 is 11.6 Å². The number of benzene rings is 1. The Morgan fingerprint density at radius 3 is 2.42 bits per heavy atom. The average molecular weight is 267 g/mol. The van der Waals surface area contributed by atoms with Gasteiger partial charge in [0.2, 0.25) is 0 Å². The van der Waals surface area contributed by atoms with Crippen molar-refractivity contribution in [3.8, 4) is 6.07 Å². The summed E-state index contributed by atoms with van der Waals surface area (Å²) in [6.45, 7) is 1.69. The van der Waals surface area contributed by atoms with Gasteiger partial charge >= 0.3 is 0 Å². The summed E-state index contributed by atoms with van der Waals surface area (Å²) in [7, 11) is 2.89. The van der Waals surface area contributed by atoms with Crippen LogP contribution >= 0.6 is 0 Å². The van der Waals surface area contributed by atoms with E-state index in [4.69, 9.17) is 5.26 Å². The van der Waals surface area contributed by atoms with E-state index in [0.29, 0.717) is 0 Å². The Hall–Kier alpha value is -2.16. The highest BCUT2D eigenvalue weighted by molar-refractivity contribution is 5.94. The van der Waals surface area contributed by atoms with Crippen LogP contribution in [-0.2, 0) is 0 Å². The Labute approximate surface area is 110 Å². The highest BCUT2D eigenvalue weighted by Crippen LogP contribution is 2.21. The molecule has 0 aliphatic carbocycles. The summed E-state index contributed by atoms with van der Waals surface area (Å²) in [5, 5.41) is 11.0. The molecule has 0 aromatic heterocycles. The van der Waals surface area contributed by atoms with Crippen LogP contribution in [0.25, 0.3) is 0 Å². The number of nitrogens with one attached hydrogen (secondary N) is 1. The first kappa shape index (κ1) is 14.9. The Morgan fingerprint density at radius 1 is 1.47 bits per heavy atom. The summed E-state index contributed by atoms with van der Waals surface area (Å²) in [5.41, 5.74) is -0.356. The van der Waals surface area contributed by atoms with E-state index in [1.165, 1.54) is 19.0 Å². The molecule has 1 atom stereocenters. The zero-order valence-corrected chi connectivity index (χ0v) is 11.0. The van der Waals surface area contributed by atoms with Gasteiger partial charge in [-0.3, -0.25) is 4.79 Å². The molecule has 0 spiro atoms. The third-order valence-corrected chi connectivity index (χ3v) is 2.91. The predicted octanol–water partition coefficient (Wildman–Crippen LogP) is 2.38. The molecule has 4 nitrogen and oxygen atoms in total. The molecule has 0 saturated heterocycles. The number of nitrogens with zero attached hydrogens (tertiary/aromatic N) is 2. The van der Waals surface area contributed by atoms with Crippen molar-refractivity contribution in [2.24, 2.45) is 0 Å². The highest BCUT2D eigenvalue weighted by atomic mass is 19.1. The zero-order valence-electron chi connectivity index (χ0n) is 11.0. The van der Waals surface area contributed by atoms with Crippen molar-refractivity contribution < 1.29 is 13.6 Å². The number of halogens is 2. The van der Waals surface area contributed by atoms with E-state index < -0.39 is 17.5 Å². The van der Waals surface area contributed by atoms with E-state index in [-0.39, 0.29) is 23.7 Å². The molecule has 102 valence electrons. The van der Waals surface area contributed by atoms with Gasteiger partial charge in [0.25, 0.3) is 5.91 Å².